The van der Waals surface area contributed by atoms with Crippen LogP contribution in [-0.4, -0.2) is 4.98 Å². The molecule has 0 saturated carbocycles. The van der Waals surface area contributed by atoms with Gasteiger partial charge in [-0.25, -0.2) is 9.37 Å². The van der Waals surface area contributed by atoms with E-state index in [9.17, 15) is 4.39 Å². The smallest absolute Gasteiger partial charge is 0.219 e. The SMILES string of the molecule is Cc1ccc(F)cc1Oc1ccc(CCl)c(C)n1. The zero-order chi connectivity index (χ0) is 13.1. The van der Waals surface area contributed by atoms with E-state index in [-0.39, 0.29) is 5.82 Å². The molecule has 1 heterocycles. The van der Waals surface area contributed by atoms with Gasteiger partial charge >= 0.3 is 0 Å². The Hall–Kier alpha value is -1.61. The molecule has 0 fully saturated rings. The Morgan fingerprint density at radius 2 is 2.00 bits per heavy atom. The van der Waals surface area contributed by atoms with E-state index in [1.807, 2.05) is 19.9 Å². The summed E-state index contributed by atoms with van der Waals surface area (Å²) >= 11 is 5.76. The van der Waals surface area contributed by atoms with Crippen molar-refractivity contribution in [1.29, 1.82) is 0 Å². The highest BCUT2D eigenvalue weighted by Crippen LogP contribution is 2.25. The fourth-order valence-corrected chi connectivity index (χ4v) is 1.84. The predicted octanol–water partition coefficient (Wildman–Crippen LogP) is 4.37. The number of aryl methyl sites for hydroxylation is 2. The summed E-state index contributed by atoms with van der Waals surface area (Å²) in [6.45, 7) is 3.72. The van der Waals surface area contributed by atoms with Crippen LogP contribution in [0.4, 0.5) is 4.39 Å². The molecule has 0 atom stereocenters. The zero-order valence-corrected chi connectivity index (χ0v) is 11.0. The van der Waals surface area contributed by atoms with Crippen LogP contribution in [0.15, 0.2) is 30.3 Å². The second-order valence-electron chi connectivity index (χ2n) is 4.04. The summed E-state index contributed by atoms with van der Waals surface area (Å²) in [5.41, 5.74) is 2.63. The highest BCUT2D eigenvalue weighted by molar-refractivity contribution is 6.17. The third-order valence-corrected chi connectivity index (χ3v) is 2.97. The van der Waals surface area contributed by atoms with Crippen LogP contribution in [0.5, 0.6) is 11.6 Å². The Morgan fingerprint density at radius 1 is 1.22 bits per heavy atom. The van der Waals surface area contributed by atoms with Gasteiger partial charge in [-0.3, -0.25) is 0 Å². The number of pyridine rings is 1. The Morgan fingerprint density at radius 3 is 2.67 bits per heavy atom. The first kappa shape index (κ1) is 12.8. The van der Waals surface area contributed by atoms with E-state index >= 15 is 0 Å². The predicted molar refractivity (Wildman–Crippen MR) is 69.7 cm³/mol. The van der Waals surface area contributed by atoms with Crippen molar-refractivity contribution in [2.24, 2.45) is 0 Å². The van der Waals surface area contributed by atoms with Gasteiger partial charge in [0.25, 0.3) is 0 Å². The van der Waals surface area contributed by atoms with Crippen LogP contribution < -0.4 is 4.74 Å². The third-order valence-electron chi connectivity index (χ3n) is 2.68. The highest BCUT2D eigenvalue weighted by Gasteiger charge is 2.06. The Bertz CT molecular complexity index is 572. The van der Waals surface area contributed by atoms with Crippen LogP contribution in [0.2, 0.25) is 0 Å². The quantitative estimate of drug-likeness (QED) is 0.769. The minimum atomic E-state index is -0.329. The molecule has 2 rings (SSSR count). The van der Waals surface area contributed by atoms with Crippen LogP contribution in [0.25, 0.3) is 0 Å². The van der Waals surface area contributed by atoms with E-state index < -0.39 is 0 Å². The summed E-state index contributed by atoms with van der Waals surface area (Å²) in [6.07, 6.45) is 0. The monoisotopic (exact) mass is 265 g/mol. The normalized spacial score (nSPS) is 10.4. The summed E-state index contributed by atoms with van der Waals surface area (Å²) in [4.78, 5) is 4.28. The lowest BCUT2D eigenvalue weighted by Crippen LogP contribution is -1.95. The van der Waals surface area contributed by atoms with Gasteiger partial charge in [0.05, 0.1) is 0 Å². The zero-order valence-electron chi connectivity index (χ0n) is 10.2. The van der Waals surface area contributed by atoms with Gasteiger partial charge < -0.3 is 4.74 Å². The molecule has 0 spiro atoms. The number of alkyl halides is 1. The van der Waals surface area contributed by atoms with E-state index in [4.69, 9.17) is 16.3 Å². The second kappa shape index (κ2) is 5.36. The molecule has 0 radical (unpaired) electrons. The molecular formula is C14H13ClFNO. The number of nitrogens with zero attached hydrogens (tertiary/aromatic N) is 1. The van der Waals surface area contributed by atoms with E-state index in [2.05, 4.69) is 4.98 Å². The minimum absolute atomic E-state index is 0.329. The van der Waals surface area contributed by atoms with Crippen molar-refractivity contribution in [1.82, 2.24) is 4.98 Å². The van der Waals surface area contributed by atoms with Gasteiger partial charge in [-0.1, -0.05) is 12.1 Å². The average Bonchev–Trinajstić information content (AvgIpc) is 2.34. The van der Waals surface area contributed by atoms with Crippen molar-refractivity contribution >= 4 is 11.6 Å². The summed E-state index contributed by atoms with van der Waals surface area (Å²) < 4.78 is 18.7. The first-order valence-corrected chi connectivity index (χ1v) is 6.10. The van der Waals surface area contributed by atoms with Crippen LogP contribution in [0.1, 0.15) is 16.8 Å². The molecule has 2 nitrogen and oxygen atoms in total. The van der Waals surface area contributed by atoms with Crippen LogP contribution in [0.3, 0.4) is 0 Å². The molecule has 1 aromatic heterocycles. The lowest BCUT2D eigenvalue weighted by Gasteiger charge is -2.09. The Balaban J connectivity index is 2.28. The molecule has 1 aromatic carbocycles. The van der Waals surface area contributed by atoms with Crippen LogP contribution in [-0.2, 0) is 5.88 Å². The molecule has 0 unspecified atom stereocenters. The molecule has 0 N–H and O–H groups in total. The van der Waals surface area contributed by atoms with Crippen LogP contribution >= 0.6 is 11.6 Å². The second-order valence-corrected chi connectivity index (χ2v) is 4.31. The Kier molecular flexibility index (Phi) is 3.82. The molecule has 94 valence electrons. The van der Waals surface area contributed by atoms with Crippen molar-refractivity contribution in [2.75, 3.05) is 0 Å². The lowest BCUT2D eigenvalue weighted by atomic mass is 10.2. The van der Waals surface area contributed by atoms with E-state index in [1.54, 1.807) is 12.1 Å². The molecular weight excluding hydrogens is 253 g/mol. The first-order valence-electron chi connectivity index (χ1n) is 5.56. The van der Waals surface area contributed by atoms with Gasteiger partial charge in [-0.05, 0) is 31.0 Å². The van der Waals surface area contributed by atoms with Gasteiger partial charge in [0.1, 0.15) is 11.6 Å². The minimum Gasteiger partial charge on any atom is -0.439 e. The molecule has 0 aliphatic heterocycles. The van der Waals surface area contributed by atoms with Crippen molar-refractivity contribution in [3.8, 4) is 11.6 Å². The Labute approximate surface area is 110 Å². The van der Waals surface area contributed by atoms with E-state index in [0.717, 1.165) is 16.8 Å². The van der Waals surface area contributed by atoms with Crippen molar-refractivity contribution < 1.29 is 9.13 Å². The summed E-state index contributed by atoms with van der Waals surface area (Å²) in [5.74, 6) is 0.998. The first-order chi connectivity index (χ1) is 8.60. The largest absolute Gasteiger partial charge is 0.439 e. The molecule has 0 aliphatic rings. The molecule has 2 aromatic rings. The lowest BCUT2D eigenvalue weighted by molar-refractivity contribution is 0.453. The number of rotatable bonds is 3. The molecule has 0 bridgehead atoms. The third kappa shape index (κ3) is 2.79. The number of hydrogen-bond acceptors (Lipinski definition) is 2. The number of ether oxygens (including phenoxy) is 1. The summed E-state index contributed by atoms with van der Waals surface area (Å²) in [6, 6.07) is 8.01. The molecule has 0 saturated heterocycles. The van der Waals surface area contributed by atoms with Gasteiger partial charge in [0, 0.05) is 23.7 Å². The molecule has 0 amide bonds. The van der Waals surface area contributed by atoms with Crippen LogP contribution in [0, 0.1) is 19.7 Å². The van der Waals surface area contributed by atoms with Crippen molar-refractivity contribution in [2.45, 2.75) is 19.7 Å². The maximum atomic E-state index is 13.1. The van der Waals surface area contributed by atoms with E-state index in [1.165, 1.54) is 12.1 Å². The van der Waals surface area contributed by atoms with Crippen molar-refractivity contribution in [3.63, 3.8) is 0 Å². The molecule has 0 aliphatic carbocycles. The number of halogens is 2. The van der Waals surface area contributed by atoms with Gasteiger partial charge in [0.15, 0.2) is 0 Å². The highest BCUT2D eigenvalue weighted by atomic mass is 35.5. The van der Waals surface area contributed by atoms with E-state index in [0.29, 0.717) is 17.5 Å². The molecule has 18 heavy (non-hydrogen) atoms. The maximum absolute atomic E-state index is 13.1. The van der Waals surface area contributed by atoms with Gasteiger partial charge in [-0.15, -0.1) is 11.6 Å². The topological polar surface area (TPSA) is 22.1 Å². The number of benzene rings is 1. The van der Waals surface area contributed by atoms with Gasteiger partial charge in [0.2, 0.25) is 5.88 Å². The summed E-state index contributed by atoms with van der Waals surface area (Å²) in [5, 5.41) is 0. The summed E-state index contributed by atoms with van der Waals surface area (Å²) in [7, 11) is 0. The maximum Gasteiger partial charge on any atom is 0.219 e. The number of aromatic nitrogens is 1. The fraction of sp³-hybridized carbons (Fsp3) is 0.214. The number of hydrogen-bond donors (Lipinski definition) is 0. The molecule has 4 heteroatoms. The van der Waals surface area contributed by atoms with Crippen molar-refractivity contribution in [3.05, 3.63) is 53.0 Å². The van der Waals surface area contributed by atoms with Gasteiger partial charge in [-0.2, -0.15) is 0 Å². The fourth-order valence-electron chi connectivity index (χ4n) is 1.56. The average molecular weight is 266 g/mol. The standard InChI is InChI=1S/C14H13ClFNO/c1-9-3-5-12(16)7-13(9)18-14-6-4-11(8-15)10(2)17-14/h3-7H,8H2,1-2H3.